The molecule has 144 valence electrons. The van der Waals surface area contributed by atoms with Crippen LogP contribution in [0.15, 0.2) is 78.0 Å². The van der Waals surface area contributed by atoms with Crippen molar-refractivity contribution < 1.29 is 22.3 Å². The van der Waals surface area contributed by atoms with Crippen LogP contribution < -0.4 is 4.57 Å². The summed E-state index contributed by atoms with van der Waals surface area (Å²) in [6.07, 6.45) is 8.95. The summed E-state index contributed by atoms with van der Waals surface area (Å²) in [5, 5.41) is 0. The average Bonchev–Trinajstić information content (AvgIpc) is 2.68. The Morgan fingerprint density at radius 1 is 0.786 bits per heavy atom. The highest BCUT2D eigenvalue weighted by molar-refractivity contribution is 7.85. The number of aldehydes is 1. The number of rotatable bonds is 4. The quantitative estimate of drug-likeness (QED) is 0.385. The van der Waals surface area contributed by atoms with Gasteiger partial charge in [-0.2, -0.15) is 0 Å². The van der Waals surface area contributed by atoms with Crippen LogP contribution in [0.4, 0.5) is 0 Å². The Morgan fingerprint density at radius 3 is 1.71 bits per heavy atom. The van der Waals surface area contributed by atoms with Crippen molar-refractivity contribution in [2.75, 3.05) is 0 Å². The third-order valence-corrected chi connectivity index (χ3v) is 4.70. The van der Waals surface area contributed by atoms with Gasteiger partial charge in [0.15, 0.2) is 12.4 Å². The second-order valence-corrected chi connectivity index (χ2v) is 7.56. The first-order valence-corrected chi connectivity index (χ1v) is 9.90. The van der Waals surface area contributed by atoms with E-state index in [0.717, 1.165) is 23.0 Å². The lowest BCUT2D eigenvalue weighted by molar-refractivity contribution is -0.671. The van der Waals surface area contributed by atoms with Gasteiger partial charge in [0.25, 0.3) is 0 Å². The summed E-state index contributed by atoms with van der Waals surface area (Å²) in [5.41, 5.74) is 3.87. The molecule has 2 aromatic carbocycles. The maximum Gasteiger partial charge on any atom is 0.169 e. The molecule has 0 radical (unpaired) electrons. The van der Waals surface area contributed by atoms with Crippen molar-refractivity contribution in [3.63, 3.8) is 0 Å². The molecule has 0 saturated carbocycles. The number of hydrogen-bond acceptors (Lipinski definition) is 4. The third-order valence-electron chi connectivity index (χ3n) is 3.85. The predicted molar refractivity (Wildman–Crippen MR) is 108 cm³/mol. The number of carbonyl (C=O) groups is 1. The highest BCUT2D eigenvalue weighted by Gasteiger charge is 1.98. The minimum Gasteiger partial charge on any atom is -0.744 e. The number of pyridine rings is 1. The number of nitrogens with zero attached hydrogens (tertiary/aromatic N) is 1. The summed E-state index contributed by atoms with van der Waals surface area (Å²) in [6.45, 7) is 1.82. The first kappa shape index (κ1) is 21.2. The Labute approximate surface area is 165 Å². The van der Waals surface area contributed by atoms with Crippen LogP contribution in [0.2, 0.25) is 0 Å². The largest absolute Gasteiger partial charge is 0.744 e. The summed E-state index contributed by atoms with van der Waals surface area (Å²) in [6, 6.07) is 17.4. The van der Waals surface area contributed by atoms with Gasteiger partial charge in [-0.25, -0.2) is 13.0 Å². The summed E-state index contributed by atoms with van der Waals surface area (Å²) in [7, 11) is -2.28. The van der Waals surface area contributed by atoms with Crippen LogP contribution in [0.1, 0.15) is 27.0 Å². The van der Waals surface area contributed by atoms with E-state index < -0.39 is 10.1 Å². The standard InChI is InChI=1S/C15H14NO.C7H8O3S/c1-16-10-8-14(9-11-16)3-2-13-4-6-15(12-17)7-5-13;1-6-2-4-7(5-3-6)11(8,9)10/h2-12H,1H3;2-5H,1H3,(H,8,9,10)/q+1;/p-1/b3-2+;. The number of carbonyl (C=O) groups excluding carboxylic acids is 1. The number of aryl methyl sites for hydroxylation is 2. The van der Waals surface area contributed by atoms with Crippen molar-refractivity contribution in [3.8, 4) is 0 Å². The molecule has 0 aliphatic carbocycles. The highest BCUT2D eigenvalue weighted by atomic mass is 32.2. The van der Waals surface area contributed by atoms with Crippen molar-refractivity contribution in [2.45, 2.75) is 11.8 Å². The van der Waals surface area contributed by atoms with E-state index in [9.17, 15) is 17.8 Å². The van der Waals surface area contributed by atoms with Crippen LogP contribution in [0.5, 0.6) is 0 Å². The summed E-state index contributed by atoms with van der Waals surface area (Å²) < 4.78 is 33.2. The molecule has 3 rings (SSSR count). The van der Waals surface area contributed by atoms with Crippen molar-refractivity contribution in [2.24, 2.45) is 7.05 Å². The Kier molecular flexibility index (Phi) is 7.37. The van der Waals surface area contributed by atoms with Crippen molar-refractivity contribution in [3.05, 3.63) is 95.3 Å². The molecule has 0 N–H and O–H groups in total. The predicted octanol–water partition coefficient (Wildman–Crippen LogP) is 3.39. The zero-order valence-electron chi connectivity index (χ0n) is 15.6. The third kappa shape index (κ3) is 6.90. The molecule has 0 aliphatic heterocycles. The first-order valence-electron chi connectivity index (χ1n) is 8.49. The van der Waals surface area contributed by atoms with Gasteiger partial charge in [-0.3, -0.25) is 4.79 Å². The van der Waals surface area contributed by atoms with Gasteiger partial charge >= 0.3 is 0 Å². The molecule has 3 aromatic rings. The second-order valence-electron chi connectivity index (χ2n) is 6.18. The van der Waals surface area contributed by atoms with Gasteiger partial charge in [-0.05, 0) is 30.2 Å². The molecule has 0 spiro atoms. The molecule has 1 aromatic heterocycles. The van der Waals surface area contributed by atoms with Gasteiger partial charge in [0.2, 0.25) is 0 Å². The number of hydrogen-bond donors (Lipinski definition) is 0. The lowest BCUT2D eigenvalue weighted by Crippen LogP contribution is -2.25. The molecule has 5 nitrogen and oxygen atoms in total. The summed E-state index contributed by atoms with van der Waals surface area (Å²) in [5.74, 6) is 0. The molecule has 0 fully saturated rings. The van der Waals surface area contributed by atoms with E-state index in [4.69, 9.17) is 0 Å². The van der Waals surface area contributed by atoms with Crippen molar-refractivity contribution in [1.29, 1.82) is 0 Å². The highest BCUT2D eigenvalue weighted by Crippen LogP contribution is 2.09. The van der Waals surface area contributed by atoms with Crippen LogP contribution in [0.3, 0.4) is 0 Å². The molecule has 0 atom stereocenters. The number of benzene rings is 2. The van der Waals surface area contributed by atoms with Crippen LogP contribution in [-0.4, -0.2) is 19.3 Å². The first-order chi connectivity index (χ1) is 13.3. The van der Waals surface area contributed by atoms with Gasteiger partial charge in [-0.1, -0.05) is 54.1 Å². The van der Waals surface area contributed by atoms with Crippen LogP contribution in [0.25, 0.3) is 12.2 Å². The van der Waals surface area contributed by atoms with E-state index in [0.29, 0.717) is 5.56 Å². The van der Waals surface area contributed by atoms with E-state index in [1.54, 1.807) is 12.1 Å². The fraction of sp³-hybridized carbons (Fsp3) is 0.0909. The lowest BCUT2D eigenvalue weighted by Gasteiger charge is -2.05. The fourth-order valence-corrected chi connectivity index (χ4v) is 2.68. The molecule has 0 saturated heterocycles. The molecular weight excluding hydrogens is 374 g/mol. The Hall–Kier alpha value is -3.09. The monoisotopic (exact) mass is 395 g/mol. The zero-order chi connectivity index (χ0) is 20.6. The normalized spacial score (nSPS) is 11.0. The van der Waals surface area contributed by atoms with E-state index in [-0.39, 0.29) is 4.90 Å². The van der Waals surface area contributed by atoms with E-state index in [1.807, 2.05) is 61.3 Å². The SMILES string of the molecule is C[n+]1ccc(/C=C/c2ccc(C=O)cc2)cc1.Cc1ccc(S(=O)(=O)[O-])cc1. The van der Waals surface area contributed by atoms with Gasteiger partial charge in [0.1, 0.15) is 23.5 Å². The topological polar surface area (TPSA) is 78.1 Å². The average molecular weight is 395 g/mol. The van der Waals surface area contributed by atoms with Gasteiger partial charge < -0.3 is 4.55 Å². The molecule has 0 amide bonds. The Balaban J connectivity index is 0.000000221. The van der Waals surface area contributed by atoms with Gasteiger partial charge in [-0.15, -0.1) is 0 Å². The van der Waals surface area contributed by atoms with E-state index in [2.05, 4.69) is 18.2 Å². The molecule has 0 aliphatic rings. The molecule has 28 heavy (non-hydrogen) atoms. The van der Waals surface area contributed by atoms with Crippen LogP contribution in [-0.2, 0) is 17.2 Å². The molecule has 0 unspecified atom stereocenters. The van der Waals surface area contributed by atoms with Gasteiger partial charge in [0, 0.05) is 17.7 Å². The molecular formula is C22H21NO4S. The summed E-state index contributed by atoms with van der Waals surface area (Å²) in [4.78, 5) is 10.3. The smallest absolute Gasteiger partial charge is 0.169 e. The lowest BCUT2D eigenvalue weighted by atomic mass is 10.1. The maximum absolute atomic E-state index is 10.5. The van der Waals surface area contributed by atoms with Crippen LogP contribution >= 0.6 is 0 Å². The summed E-state index contributed by atoms with van der Waals surface area (Å²) >= 11 is 0. The maximum atomic E-state index is 10.5. The fourth-order valence-electron chi connectivity index (χ4n) is 2.21. The van der Waals surface area contributed by atoms with Crippen LogP contribution in [0, 0.1) is 6.92 Å². The molecule has 0 bridgehead atoms. The zero-order valence-corrected chi connectivity index (χ0v) is 16.5. The van der Waals surface area contributed by atoms with Crippen molar-refractivity contribution >= 4 is 28.6 Å². The minimum atomic E-state index is -4.27. The minimum absolute atomic E-state index is 0.178. The van der Waals surface area contributed by atoms with E-state index in [1.165, 1.54) is 12.1 Å². The molecule has 1 heterocycles. The molecule has 6 heteroatoms. The Morgan fingerprint density at radius 2 is 1.25 bits per heavy atom. The number of aromatic nitrogens is 1. The van der Waals surface area contributed by atoms with Gasteiger partial charge in [0.05, 0.1) is 4.90 Å². The van der Waals surface area contributed by atoms with E-state index >= 15 is 0 Å². The second kappa shape index (κ2) is 9.73. The van der Waals surface area contributed by atoms with Crippen molar-refractivity contribution in [1.82, 2.24) is 0 Å². The Bertz CT molecular complexity index is 1040.